The van der Waals surface area contributed by atoms with Crippen LogP contribution >= 0.6 is 0 Å². The molecule has 0 heterocycles. The summed E-state index contributed by atoms with van der Waals surface area (Å²) in [5.41, 5.74) is 0.634. The third-order valence-corrected chi connectivity index (χ3v) is 4.63. The maximum absolute atomic E-state index is 11.3. The molecule has 0 N–H and O–H groups in total. The number of methoxy groups -OCH3 is 2. The summed E-state index contributed by atoms with van der Waals surface area (Å²) in [6.45, 7) is 0. The molecule has 134 valence electrons. The Kier molecular flexibility index (Phi) is 4.38. The molecular formula is C23H18O4. The minimum atomic E-state index is 0.634. The fourth-order valence-corrected chi connectivity index (χ4v) is 3.35. The summed E-state index contributed by atoms with van der Waals surface area (Å²) in [5.74, 6) is 2.79. The van der Waals surface area contributed by atoms with E-state index in [1.54, 1.807) is 20.3 Å². The number of benzene rings is 4. The standard InChI is InChI=1S/C23H18O4/c1-25-19-12-13-21(26-2)23-18(19)8-5-9-22(23)27-20-11-10-15(14-24)16-6-3-4-7-17(16)20/h3-14H,1-2H3. The Morgan fingerprint density at radius 1 is 0.630 bits per heavy atom. The summed E-state index contributed by atoms with van der Waals surface area (Å²) in [4.78, 5) is 11.3. The monoisotopic (exact) mass is 358 g/mol. The zero-order chi connectivity index (χ0) is 18.8. The van der Waals surface area contributed by atoms with E-state index in [9.17, 15) is 4.79 Å². The van der Waals surface area contributed by atoms with Gasteiger partial charge in [0.1, 0.15) is 23.0 Å². The predicted molar refractivity (Wildman–Crippen MR) is 106 cm³/mol. The van der Waals surface area contributed by atoms with E-state index >= 15 is 0 Å². The summed E-state index contributed by atoms with van der Waals surface area (Å²) in [6, 6.07) is 20.8. The first-order chi connectivity index (χ1) is 13.3. The van der Waals surface area contributed by atoms with E-state index in [2.05, 4.69) is 0 Å². The van der Waals surface area contributed by atoms with Crippen LogP contribution in [-0.2, 0) is 0 Å². The highest BCUT2D eigenvalue weighted by Gasteiger charge is 2.14. The van der Waals surface area contributed by atoms with Crippen molar-refractivity contribution in [3.63, 3.8) is 0 Å². The highest BCUT2D eigenvalue weighted by Crippen LogP contribution is 2.42. The Morgan fingerprint density at radius 2 is 1.30 bits per heavy atom. The van der Waals surface area contributed by atoms with Gasteiger partial charge < -0.3 is 14.2 Å². The van der Waals surface area contributed by atoms with E-state index in [-0.39, 0.29) is 0 Å². The first-order valence-electron chi connectivity index (χ1n) is 8.55. The zero-order valence-corrected chi connectivity index (χ0v) is 15.1. The van der Waals surface area contributed by atoms with Gasteiger partial charge in [-0.25, -0.2) is 0 Å². The van der Waals surface area contributed by atoms with Gasteiger partial charge in [-0.15, -0.1) is 0 Å². The Bertz CT molecular complexity index is 1150. The second kappa shape index (κ2) is 7.00. The molecule has 0 aliphatic carbocycles. The smallest absolute Gasteiger partial charge is 0.150 e. The molecule has 0 radical (unpaired) electrons. The molecule has 0 unspecified atom stereocenters. The molecule has 0 bridgehead atoms. The van der Waals surface area contributed by atoms with Crippen LogP contribution in [0.2, 0.25) is 0 Å². The SMILES string of the molecule is COc1ccc(OC)c2c(Oc3ccc(C=O)c4ccccc34)cccc12. The van der Waals surface area contributed by atoms with E-state index in [0.29, 0.717) is 22.8 Å². The van der Waals surface area contributed by atoms with Crippen LogP contribution in [0.1, 0.15) is 10.4 Å². The first-order valence-corrected chi connectivity index (χ1v) is 8.55. The fourth-order valence-electron chi connectivity index (χ4n) is 3.35. The Balaban J connectivity index is 1.93. The second-order valence-electron chi connectivity index (χ2n) is 6.07. The first kappa shape index (κ1) is 16.9. The van der Waals surface area contributed by atoms with Gasteiger partial charge in [0, 0.05) is 16.3 Å². The Morgan fingerprint density at radius 3 is 2.04 bits per heavy atom. The molecule has 27 heavy (non-hydrogen) atoms. The summed E-state index contributed by atoms with van der Waals surface area (Å²) in [6.07, 6.45) is 0.859. The number of carbonyl (C=O) groups excluding carboxylic acids is 1. The lowest BCUT2D eigenvalue weighted by Gasteiger charge is -2.15. The van der Waals surface area contributed by atoms with Crippen molar-refractivity contribution in [2.75, 3.05) is 14.2 Å². The van der Waals surface area contributed by atoms with E-state index < -0.39 is 0 Å². The molecule has 0 aliphatic heterocycles. The quantitative estimate of drug-likeness (QED) is 0.435. The van der Waals surface area contributed by atoms with Crippen LogP contribution in [0.25, 0.3) is 21.5 Å². The topological polar surface area (TPSA) is 44.8 Å². The summed E-state index contributed by atoms with van der Waals surface area (Å²) in [5, 5.41) is 3.47. The van der Waals surface area contributed by atoms with Gasteiger partial charge in [-0.05, 0) is 35.7 Å². The van der Waals surface area contributed by atoms with Gasteiger partial charge in [0.2, 0.25) is 0 Å². The van der Waals surface area contributed by atoms with Crippen molar-refractivity contribution in [3.05, 3.63) is 72.3 Å². The van der Waals surface area contributed by atoms with Crippen LogP contribution in [0.4, 0.5) is 0 Å². The highest BCUT2D eigenvalue weighted by atomic mass is 16.5. The third kappa shape index (κ3) is 2.85. The van der Waals surface area contributed by atoms with E-state index in [4.69, 9.17) is 14.2 Å². The van der Waals surface area contributed by atoms with Crippen LogP contribution in [-0.4, -0.2) is 20.5 Å². The minimum Gasteiger partial charge on any atom is -0.496 e. The molecule has 0 atom stereocenters. The molecule has 0 fully saturated rings. The molecule has 4 nitrogen and oxygen atoms in total. The number of rotatable bonds is 5. The molecule has 0 amide bonds. The third-order valence-electron chi connectivity index (χ3n) is 4.63. The minimum absolute atomic E-state index is 0.634. The number of fused-ring (bicyclic) bond motifs is 2. The second-order valence-corrected chi connectivity index (χ2v) is 6.07. The molecular weight excluding hydrogens is 340 g/mol. The Hall–Kier alpha value is -3.53. The van der Waals surface area contributed by atoms with Crippen molar-refractivity contribution in [2.24, 2.45) is 0 Å². The average molecular weight is 358 g/mol. The number of hydrogen-bond donors (Lipinski definition) is 0. The fraction of sp³-hybridized carbons (Fsp3) is 0.0870. The van der Waals surface area contributed by atoms with Gasteiger partial charge in [-0.3, -0.25) is 4.79 Å². The number of ether oxygens (including phenoxy) is 3. The maximum atomic E-state index is 11.3. The van der Waals surface area contributed by atoms with Crippen molar-refractivity contribution in [2.45, 2.75) is 0 Å². The number of hydrogen-bond acceptors (Lipinski definition) is 4. The lowest BCUT2D eigenvalue weighted by molar-refractivity contribution is 0.112. The van der Waals surface area contributed by atoms with Crippen LogP contribution in [0.3, 0.4) is 0 Å². The van der Waals surface area contributed by atoms with Crippen molar-refractivity contribution in [1.29, 1.82) is 0 Å². The van der Waals surface area contributed by atoms with Crippen LogP contribution in [0.5, 0.6) is 23.0 Å². The normalized spacial score (nSPS) is 10.7. The molecule has 0 aliphatic rings. The molecule has 0 saturated carbocycles. The molecule has 0 saturated heterocycles. The van der Waals surface area contributed by atoms with E-state index in [0.717, 1.165) is 33.6 Å². The molecule has 0 spiro atoms. The zero-order valence-electron chi connectivity index (χ0n) is 15.1. The summed E-state index contributed by atoms with van der Waals surface area (Å²) >= 11 is 0. The lowest BCUT2D eigenvalue weighted by Crippen LogP contribution is -1.94. The molecule has 4 rings (SSSR count). The van der Waals surface area contributed by atoms with Crippen molar-refractivity contribution in [1.82, 2.24) is 0 Å². The van der Waals surface area contributed by atoms with Gasteiger partial charge in [-0.2, -0.15) is 0 Å². The lowest BCUT2D eigenvalue weighted by atomic mass is 10.0. The Labute approximate surface area is 156 Å². The van der Waals surface area contributed by atoms with Crippen LogP contribution in [0, 0.1) is 0 Å². The summed E-state index contributed by atoms with van der Waals surface area (Å²) in [7, 11) is 3.27. The maximum Gasteiger partial charge on any atom is 0.150 e. The number of aldehydes is 1. The number of carbonyl (C=O) groups is 1. The molecule has 4 aromatic carbocycles. The van der Waals surface area contributed by atoms with Crippen molar-refractivity contribution < 1.29 is 19.0 Å². The molecule has 0 aromatic heterocycles. The van der Waals surface area contributed by atoms with E-state index in [1.807, 2.05) is 60.7 Å². The van der Waals surface area contributed by atoms with Gasteiger partial charge in [-0.1, -0.05) is 36.4 Å². The van der Waals surface area contributed by atoms with Crippen LogP contribution < -0.4 is 14.2 Å². The largest absolute Gasteiger partial charge is 0.496 e. The molecule has 4 heteroatoms. The van der Waals surface area contributed by atoms with Gasteiger partial charge >= 0.3 is 0 Å². The van der Waals surface area contributed by atoms with E-state index in [1.165, 1.54) is 0 Å². The predicted octanol–water partition coefficient (Wildman–Crippen LogP) is 5.62. The van der Waals surface area contributed by atoms with Gasteiger partial charge in [0.15, 0.2) is 6.29 Å². The van der Waals surface area contributed by atoms with Gasteiger partial charge in [0.25, 0.3) is 0 Å². The van der Waals surface area contributed by atoms with Crippen molar-refractivity contribution in [3.8, 4) is 23.0 Å². The highest BCUT2D eigenvalue weighted by molar-refractivity contribution is 6.02. The average Bonchev–Trinajstić information content (AvgIpc) is 2.73. The van der Waals surface area contributed by atoms with Crippen LogP contribution in [0.15, 0.2) is 66.7 Å². The molecule has 4 aromatic rings. The summed E-state index contributed by atoms with van der Waals surface area (Å²) < 4.78 is 17.3. The van der Waals surface area contributed by atoms with Gasteiger partial charge in [0.05, 0.1) is 19.6 Å². The van der Waals surface area contributed by atoms with Crippen molar-refractivity contribution >= 4 is 27.8 Å².